The molecule has 0 saturated heterocycles. The number of nitriles is 2. The van der Waals surface area contributed by atoms with Crippen LogP contribution in [0, 0.1) is 22.7 Å². The number of hydrogen-bond acceptors (Lipinski definition) is 4. The van der Waals surface area contributed by atoms with Crippen molar-refractivity contribution in [3.05, 3.63) is 120 Å². The van der Waals surface area contributed by atoms with Crippen LogP contribution in [-0.4, -0.2) is 10.2 Å². The zero-order valence-electron chi connectivity index (χ0n) is 15.7. The van der Waals surface area contributed by atoms with Gasteiger partial charge in [-0.3, -0.25) is 0 Å². The van der Waals surface area contributed by atoms with Gasteiger partial charge in [0.2, 0.25) is 0 Å². The number of aromatic hydroxyl groups is 2. The van der Waals surface area contributed by atoms with Crippen molar-refractivity contribution in [1.29, 1.82) is 10.5 Å². The minimum Gasteiger partial charge on any atom is -0.508 e. The maximum Gasteiger partial charge on any atom is 2.00 e. The molecular formula is C24H20N2O2Zr. The quantitative estimate of drug-likeness (QED) is 0.348. The van der Waals surface area contributed by atoms with Gasteiger partial charge in [0, 0.05) is 0 Å². The molecule has 0 spiro atoms. The fourth-order valence-corrected chi connectivity index (χ4v) is 1.79. The SMILES string of the molecule is N#Cc1cccc(O)c1.N#Cc1cccc(O)c1.[Zr+2].c1cc[cH-]c1.c1cc[cH-]c1. The molecular weight excluding hydrogens is 440 g/mol. The van der Waals surface area contributed by atoms with E-state index in [0.717, 1.165) is 0 Å². The summed E-state index contributed by atoms with van der Waals surface area (Å²) >= 11 is 0. The normalized spacial score (nSPS) is 7.93. The van der Waals surface area contributed by atoms with E-state index >= 15 is 0 Å². The van der Waals surface area contributed by atoms with Gasteiger partial charge in [-0.1, -0.05) is 12.1 Å². The second-order valence-electron chi connectivity index (χ2n) is 5.25. The van der Waals surface area contributed by atoms with Gasteiger partial charge in [-0.15, -0.1) is 0 Å². The molecule has 0 heterocycles. The van der Waals surface area contributed by atoms with Gasteiger partial charge in [0.1, 0.15) is 11.5 Å². The van der Waals surface area contributed by atoms with Crippen LogP contribution in [-0.2, 0) is 26.2 Å². The van der Waals surface area contributed by atoms with Crippen molar-refractivity contribution >= 4 is 0 Å². The summed E-state index contributed by atoms with van der Waals surface area (Å²) in [6.07, 6.45) is 0. The molecule has 4 aromatic carbocycles. The maximum absolute atomic E-state index is 8.79. The summed E-state index contributed by atoms with van der Waals surface area (Å²) in [6.45, 7) is 0. The molecule has 0 amide bonds. The average molecular weight is 460 g/mol. The van der Waals surface area contributed by atoms with Crippen molar-refractivity contribution in [2.45, 2.75) is 0 Å². The van der Waals surface area contributed by atoms with E-state index in [9.17, 15) is 0 Å². The fraction of sp³-hybridized carbons (Fsp3) is 0. The van der Waals surface area contributed by atoms with E-state index in [2.05, 4.69) is 0 Å². The largest absolute Gasteiger partial charge is 2.00 e. The van der Waals surface area contributed by atoms with E-state index in [1.807, 2.05) is 72.8 Å². The van der Waals surface area contributed by atoms with E-state index in [1.54, 1.807) is 24.3 Å². The summed E-state index contributed by atoms with van der Waals surface area (Å²) in [6, 6.07) is 36.2. The second kappa shape index (κ2) is 16.8. The molecule has 0 aliphatic rings. The number of hydrogen-bond donors (Lipinski definition) is 2. The van der Waals surface area contributed by atoms with Gasteiger partial charge in [0.15, 0.2) is 0 Å². The molecule has 142 valence electrons. The fourth-order valence-electron chi connectivity index (χ4n) is 1.79. The zero-order chi connectivity index (χ0) is 20.5. The molecule has 0 aromatic heterocycles. The molecule has 0 saturated carbocycles. The summed E-state index contributed by atoms with van der Waals surface area (Å²) in [5, 5.41) is 34.2. The van der Waals surface area contributed by atoms with Gasteiger partial charge >= 0.3 is 26.2 Å². The summed E-state index contributed by atoms with van der Waals surface area (Å²) in [4.78, 5) is 0. The molecule has 5 heteroatoms. The third kappa shape index (κ3) is 13.4. The van der Waals surface area contributed by atoms with E-state index in [1.165, 1.54) is 24.3 Å². The molecule has 0 fully saturated rings. The van der Waals surface area contributed by atoms with Gasteiger partial charge in [-0.05, 0) is 36.4 Å². The van der Waals surface area contributed by atoms with Crippen LogP contribution in [0.15, 0.2) is 109 Å². The molecule has 4 nitrogen and oxygen atoms in total. The summed E-state index contributed by atoms with van der Waals surface area (Å²) in [5.41, 5.74) is 0.963. The molecule has 0 aliphatic heterocycles. The average Bonchev–Trinajstić information content (AvgIpc) is 3.47. The third-order valence-electron chi connectivity index (χ3n) is 3.06. The molecule has 4 aromatic rings. The number of phenols is 2. The predicted molar refractivity (Wildman–Crippen MR) is 110 cm³/mol. The van der Waals surface area contributed by atoms with Crippen molar-refractivity contribution in [2.75, 3.05) is 0 Å². The molecule has 0 bridgehead atoms. The van der Waals surface area contributed by atoms with E-state index in [0.29, 0.717) is 11.1 Å². The Bertz CT molecular complexity index is 851. The first-order valence-electron chi connectivity index (χ1n) is 8.37. The number of phenolic OH excluding ortho intramolecular Hbond substituents is 2. The van der Waals surface area contributed by atoms with Crippen LogP contribution in [0.4, 0.5) is 0 Å². The minimum atomic E-state index is 0. The topological polar surface area (TPSA) is 88.0 Å². The molecule has 0 unspecified atom stereocenters. The van der Waals surface area contributed by atoms with E-state index in [4.69, 9.17) is 20.7 Å². The first-order chi connectivity index (χ1) is 13.7. The maximum atomic E-state index is 8.79. The third-order valence-corrected chi connectivity index (χ3v) is 3.06. The van der Waals surface area contributed by atoms with E-state index in [-0.39, 0.29) is 37.7 Å². The van der Waals surface area contributed by atoms with Crippen molar-refractivity contribution in [3.63, 3.8) is 0 Å². The van der Waals surface area contributed by atoms with Crippen molar-refractivity contribution < 1.29 is 36.4 Å². The van der Waals surface area contributed by atoms with Crippen molar-refractivity contribution in [2.24, 2.45) is 0 Å². The second-order valence-corrected chi connectivity index (χ2v) is 5.25. The van der Waals surface area contributed by atoms with Crippen LogP contribution >= 0.6 is 0 Å². The standard InChI is InChI=1S/2C7H5NO.2C5H5.Zr/c2*8-5-6-2-1-3-7(9)4-6;2*1-2-4-5-3-1;/h2*1-4,9H;2*1-5H;/q;;2*-1;+2. The molecule has 0 atom stereocenters. The van der Waals surface area contributed by atoms with Crippen LogP contribution < -0.4 is 0 Å². The van der Waals surface area contributed by atoms with E-state index < -0.39 is 0 Å². The Morgan fingerprint density at radius 1 is 0.586 bits per heavy atom. The smallest absolute Gasteiger partial charge is 0.508 e. The Morgan fingerprint density at radius 3 is 1.10 bits per heavy atom. The van der Waals surface area contributed by atoms with Gasteiger partial charge in [0.05, 0.1) is 23.3 Å². The summed E-state index contributed by atoms with van der Waals surface area (Å²) in [7, 11) is 0. The first-order valence-corrected chi connectivity index (χ1v) is 8.37. The van der Waals surface area contributed by atoms with Gasteiger partial charge in [-0.25, -0.2) is 24.3 Å². The van der Waals surface area contributed by atoms with Gasteiger partial charge in [-0.2, -0.15) is 46.9 Å². The zero-order valence-corrected chi connectivity index (χ0v) is 18.1. The predicted octanol–water partition coefficient (Wildman–Crippen LogP) is 5.34. The monoisotopic (exact) mass is 458 g/mol. The molecule has 0 radical (unpaired) electrons. The Labute approximate surface area is 190 Å². The first kappa shape index (κ1) is 25.6. The Kier molecular flexibility index (Phi) is 14.8. The Balaban J connectivity index is 0.000000369. The van der Waals surface area contributed by atoms with Gasteiger partial charge < -0.3 is 10.2 Å². The Morgan fingerprint density at radius 2 is 0.931 bits per heavy atom. The van der Waals surface area contributed by atoms with Crippen LogP contribution in [0.3, 0.4) is 0 Å². The molecule has 2 N–H and O–H groups in total. The van der Waals surface area contributed by atoms with Crippen LogP contribution in [0.2, 0.25) is 0 Å². The minimum absolute atomic E-state index is 0. The number of nitrogens with zero attached hydrogens (tertiary/aromatic N) is 2. The molecule has 4 rings (SSSR count). The summed E-state index contributed by atoms with van der Waals surface area (Å²) in [5.74, 6) is 0.267. The summed E-state index contributed by atoms with van der Waals surface area (Å²) < 4.78 is 0. The molecule has 0 aliphatic carbocycles. The Hall–Kier alpha value is -3.40. The van der Waals surface area contributed by atoms with Crippen molar-refractivity contribution in [3.8, 4) is 23.6 Å². The van der Waals surface area contributed by atoms with Crippen LogP contribution in [0.5, 0.6) is 11.5 Å². The molecule has 29 heavy (non-hydrogen) atoms. The van der Waals surface area contributed by atoms with Crippen LogP contribution in [0.1, 0.15) is 11.1 Å². The number of rotatable bonds is 0. The van der Waals surface area contributed by atoms with Crippen molar-refractivity contribution in [1.82, 2.24) is 0 Å². The van der Waals surface area contributed by atoms with Crippen LogP contribution in [0.25, 0.3) is 0 Å². The number of benzene rings is 2. The van der Waals surface area contributed by atoms with Gasteiger partial charge in [0.25, 0.3) is 0 Å².